The number of carbonyl (C=O) groups is 2. The number of hydrogen-bond acceptors (Lipinski definition) is 8. The van der Waals surface area contributed by atoms with Gasteiger partial charge in [-0.2, -0.15) is 0 Å². The summed E-state index contributed by atoms with van der Waals surface area (Å²) in [5.74, 6) is -1.40. The molecule has 44 heavy (non-hydrogen) atoms. The van der Waals surface area contributed by atoms with Crippen molar-refractivity contribution < 1.29 is 19.2 Å². The largest absolute Gasteiger partial charge is 0.489 e. The molecule has 2 amide bonds. The van der Waals surface area contributed by atoms with Crippen molar-refractivity contribution >= 4 is 46.3 Å². The molecule has 0 radical (unpaired) electrons. The summed E-state index contributed by atoms with van der Waals surface area (Å²) in [6.07, 6.45) is 0.724. The van der Waals surface area contributed by atoms with Gasteiger partial charge in [-0.15, -0.1) is 11.8 Å². The number of amides is 2. The number of benzene rings is 3. The lowest BCUT2D eigenvalue weighted by Gasteiger charge is -2.43. The highest BCUT2D eigenvalue weighted by atomic mass is 32.2. The number of aromatic nitrogens is 1. The van der Waals surface area contributed by atoms with E-state index in [-0.39, 0.29) is 52.0 Å². The maximum atomic E-state index is 14.0. The molecule has 2 bridgehead atoms. The third-order valence-corrected chi connectivity index (χ3v) is 12.4. The topological polar surface area (TPSA) is 123 Å². The number of nitrogens with zero attached hydrogens (tertiary/aromatic N) is 2. The number of nitrogens with one attached hydrogen (secondary N) is 1. The van der Waals surface area contributed by atoms with E-state index in [9.17, 15) is 24.5 Å². The molecule has 7 atom stereocenters. The fraction of sp³-hybridized carbons (Fsp3) is 0.303. The molecule has 4 aromatic rings. The van der Waals surface area contributed by atoms with E-state index < -0.39 is 22.7 Å². The predicted molar refractivity (Wildman–Crippen MR) is 166 cm³/mol. The van der Waals surface area contributed by atoms with Crippen LogP contribution in [0.5, 0.6) is 5.75 Å². The van der Waals surface area contributed by atoms with Crippen LogP contribution in [0.1, 0.15) is 33.9 Å². The van der Waals surface area contributed by atoms with Crippen LogP contribution in [0.25, 0.3) is 0 Å². The Hall–Kier alpha value is -4.22. The van der Waals surface area contributed by atoms with Crippen molar-refractivity contribution in [2.24, 2.45) is 29.6 Å². The molecule has 3 aromatic carbocycles. The number of thioether (sulfide) groups is 1. The highest BCUT2D eigenvalue weighted by Gasteiger charge is 2.70. The fourth-order valence-corrected chi connectivity index (χ4v) is 11.0. The number of nitro groups is 1. The summed E-state index contributed by atoms with van der Waals surface area (Å²) in [5, 5.41) is 12.7. The number of ether oxygens (including phenoxy) is 1. The summed E-state index contributed by atoms with van der Waals surface area (Å²) < 4.78 is 6.33. The van der Waals surface area contributed by atoms with Gasteiger partial charge in [0.1, 0.15) is 12.4 Å². The number of rotatable bonds is 6. The lowest BCUT2D eigenvalue weighted by Crippen LogP contribution is -2.42. The lowest BCUT2D eigenvalue weighted by atomic mass is 9.68. The first kappa shape index (κ1) is 27.3. The minimum absolute atomic E-state index is 0.0417. The molecule has 2 saturated carbocycles. The van der Waals surface area contributed by atoms with E-state index in [0.717, 1.165) is 38.8 Å². The number of H-pyrrole nitrogens is 1. The average Bonchev–Trinajstić information content (AvgIpc) is 3.76. The number of fused-ring (bicyclic) bond motifs is 9. The van der Waals surface area contributed by atoms with Crippen LogP contribution in [-0.2, 0) is 16.2 Å². The molecule has 0 spiro atoms. The monoisotopic (exact) mass is 625 g/mol. The van der Waals surface area contributed by atoms with Gasteiger partial charge >= 0.3 is 4.87 Å². The summed E-state index contributed by atoms with van der Waals surface area (Å²) in [4.78, 5) is 57.2. The molecular formula is C33H27N3O6S2. The van der Waals surface area contributed by atoms with Gasteiger partial charge in [0, 0.05) is 33.7 Å². The predicted octanol–water partition coefficient (Wildman–Crippen LogP) is 5.91. The maximum Gasteiger partial charge on any atom is 0.305 e. The summed E-state index contributed by atoms with van der Waals surface area (Å²) in [6.45, 7) is 2.23. The van der Waals surface area contributed by atoms with Gasteiger partial charge in [-0.25, -0.2) is 0 Å². The minimum Gasteiger partial charge on any atom is -0.489 e. The quantitative estimate of drug-likeness (QED) is 0.161. The first-order chi connectivity index (χ1) is 21.3. The van der Waals surface area contributed by atoms with E-state index in [2.05, 4.69) is 4.98 Å². The summed E-state index contributed by atoms with van der Waals surface area (Å²) in [7, 11) is 0. The number of anilines is 1. The Labute approximate surface area is 260 Å². The van der Waals surface area contributed by atoms with Gasteiger partial charge in [-0.3, -0.25) is 29.4 Å². The number of hydrogen-bond donors (Lipinski definition) is 1. The van der Waals surface area contributed by atoms with Crippen molar-refractivity contribution in [1.82, 2.24) is 4.98 Å². The molecule has 3 fully saturated rings. The lowest BCUT2D eigenvalue weighted by molar-refractivity contribution is -0.385. The molecule has 2 aliphatic carbocycles. The zero-order chi connectivity index (χ0) is 30.3. The molecule has 8 rings (SSSR count). The Morgan fingerprint density at radius 2 is 1.70 bits per heavy atom. The van der Waals surface area contributed by atoms with Crippen LogP contribution in [0.4, 0.5) is 11.4 Å². The van der Waals surface area contributed by atoms with Gasteiger partial charge in [0.05, 0.1) is 27.5 Å². The first-order valence-corrected chi connectivity index (χ1v) is 16.3. The van der Waals surface area contributed by atoms with Gasteiger partial charge in [-0.05, 0) is 54.9 Å². The van der Waals surface area contributed by atoms with Crippen molar-refractivity contribution in [3.05, 3.63) is 114 Å². The van der Waals surface area contributed by atoms with Crippen LogP contribution < -0.4 is 14.5 Å². The fourth-order valence-electron chi connectivity index (χ4n) is 8.07. The van der Waals surface area contributed by atoms with Crippen molar-refractivity contribution in [2.45, 2.75) is 36.1 Å². The number of nitro benzene ring substituents is 1. The number of imide groups is 1. The molecule has 4 aliphatic rings. The highest BCUT2D eigenvalue weighted by Crippen LogP contribution is 2.69. The third kappa shape index (κ3) is 4.09. The van der Waals surface area contributed by atoms with Gasteiger partial charge in [0.2, 0.25) is 11.8 Å². The first-order valence-electron chi connectivity index (χ1n) is 14.6. The zero-order valence-electron chi connectivity index (χ0n) is 23.5. The summed E-state index contributed by atoms with van der Waals surface area (Å²) >= 11 is 2.70. The minimum atomic E-state index is -0.470. The van der Waals surface area contributed by atoms with Crippen LogP contribution in [0.2, 0.25) is 0 Å². The number of aryl methyl sites for hydroxylation is 1. The van der Waals surface area contributed by atoms with E-state index in [0.29, 0.717) is 17.0 Å². The number of thiazole rings is 1. The molecular weight excluding hydrogens is 599 g/mol. The van der Waals surface area contributed by atoms with Crippen molar-refractivity contribution in [2.75, 3.05) is 4.90 Å². The van der Waals surface area contributed by atoms with Gasteiger partial charge < -0.3 is 9.72 Å². The van der Waals surface area contributed by atoms with E-state index in [4.69, 9.17) is 4.74 Å². The molecule has 222 valence electrons. The number of carbonyl (C=O) groups excluding carboxylic acids is 2. The second-order valence-corrected chi connectivity index (χ2v) is 14.3. The molecule has 9 nitrogen and oxygen atoms in total. The Kier molecular flexibility index (Phi) is 6.32. The number of aromatic amines is 1. The highest BCUT2D eigenvalue weighted by molar-refractivity contribution is 8.00. The zero-order valence-corrected chi connectivity index (χ0v) is 25.2. The van der Waals surface area contributed by atoms with E-state index in [1.807, 2.05) is 61.5 Å². The molecule has 1 saturated heterocycles. The van der Waals surface area contributed by atoms with E-state index >= 15 is 0 Å². The standard InChI is InChI=1S/C33H27N3O6S2/c1-16-7-9-18(10-8-16)35-31(37)26-21-14-22(27(26)32(35)38)28-25(21)24(29-30(43-28)34-33(39)44-29)20-13-19(36(40)41)11-12-23(20)42-15-17-5-3-2-4-6-17/h2-13,21-22,24-28H,14-15H2,1H3,(H,34,39)/t21?,22?,24-,25?,26?,27?,28?/m1/s1. The molecule has 1 aromatic heterocycles. The van der Waals surface area contributed by atoms with Crippen molar-refractivity contribution in [1.29, 1.82) is 0 Å². The van der Waals surface area contributed by atoms with Crippen LogP contribution >= 0.6 is 23.1 Å². The second kappa shape index (κ2) is 10.2. The molecule has 1 N–H and O–H groups in total. The Bertz CT molecular complexity index is 1890. The third-order valence-electron chi connectivity index (χ3n) is 9.79. The second-order valence-electron chi connectivity index (χ2n) is 12.1. The Morgan fingerprint density at radius 3 is 2.43 bits per heavy atom. The summed E-state index contributed by atoms with van der Waals surface area (Å²) in [5.41, 5.74) is 3.16. The molecule has 6 unspecified atom stereocenters. The van der Waals surface area contributed by atoms with Crippen molar-refractivity contribution in [3.63, 3.8) is 0 Å². The van der Waals surface area contributed by atoms with Crippen LogP contribution in [0, 0.1) is 46.6 Å². The van der Waals surface area contributed by atoms with Crippen LogP contribution in [0.3, 0.4) is 0 Å². The SMILES string of the molecule is Cc1ccc(N2C(=O)C3C4CC(C3C2=O)C2C4Sc3[nH]c(=O)sc3[C@@H]2c2cc([N+](=O)[O-])ccc2OCc2ccccc2)cc1. The van der Waals surface area contributed by atoms with E-state index in [1.165, 1.54) is 11.0 Å². The number of non-ortho nitro benzene ring substituents is 1. The average molecular weight is 626 g/mol. The Balaban J connectivity index is 1.23. The Morgan fingerprint density at radius 1 is 0.977 bits per heavy atom. The molecule has 2 aliphatic heterocycles. The maximum absolute atomic E-state index is 14.0. The van der Waals surface area contributed by atoms with Gasteiger partial charge in [0.25, 0.3) is 5.69 Å². The summed E-state index contributed by atoms with van der Waals surface area (Å²) in [6, 6.07) is 21.8. The van der Waals surface area contributed by atoms with Crippen LogP contribution in [-0.4, -0.2) is 27.0 Å². The van der Waals surface area contributed by atoms with E-state index in [1.54, 1.807) is 23.9 Å². The smallest absolute Gasteiger partial charge is 0.305 e. The van der Waals surface area contributed by atoms with Gasteiger partial charge in [-0.1, -0.05) is 59.4 Å². The molecule has 3 heterocycles. The van der Waals surface area contributed by atoms with Gasteiger partial charge in [0.15, 0.2) is 0 Å². The van der Waals surface area contributed by atoms with Crippen LogP contribution in [0.15, 0.2) is 82.6 Å². The van der Waals surface area contributed by atoms with Crippen molar-refractivity contribution in [3.8, 4) is 5.75 Å². The normalized spacial score (nSPS) is 28.1. The molecule has 11 heteroatoms.